The lowest BCUT2D eigenvalue weighted by Gasteiger charge is -2.73. The molecule has 0 aliphatic heterocycles. The number of ether oxygens (including phenoxy) is 2. The highest BCUT2D eigenvalue weighted by molar-refractivity contribution is 5.90. The Morgan fingerprint density at radius 3 is 2.13 bits per heavy atom. The van der Waals surface area contributed by atoms with Gasteiger partial charge < -0.3 is 14.8 Å². The number of amides is 1. The predicted octanol–water partition coefficient (Wildman–Crippen LogP) is 10.8. The van der Waals surface area contributed by atoms with Gasteiger partial charge in [0.05, 0.1) is 18.3 Å². The van der Waals surface area contributed by atoms with Crippen LogP contribution in [0.3, 0.4) is 0 Å². The van der Waals surface area contributed by atoms with E-state index in [0.717, 1.165) is 19.3 Å². The summed E-state index contributed by atoms with van der Waals surface area (Å²) >= 11 is 0. The summed E-state index contributed by atoms with van der Waals surface area (Å²) < 4.78 is 10.8. The van der Waals surface area contributed by atoms with Gasteiger partial charge in [-0.15, -0.1) is 0 Å². The lowest BCUT2D eigenvalue weighted by atomic mass is 9.33. The van der Waals surface area contributed by atoms with Crippen molar-refractivity contribution in [1.82, 2.24) is 10.2 Å². The molecule has 6 nitrogen and oxygen atoms in total. The SMILES string of the molecule is C=C(C)[C@@H]1CC[C@]2(N(C)C3(NC(=O)OC(C)(C)C)CC3)CC[C@]3(C)[C@H](CC[C@@H]4[C@@]5(C)CC=C(c6ccc(C(=O)OC)cc6)C(C)(C)[C@@H]5CC[C@]43C)[C@@H]12. The van der Waals surface area contributed by atoms with E-state index in [0.29, 0.717) is 35.2 Å². The Bertz CT molecular complexity index is 1650. The van der Waals surface area contributed by atoms with Crippen molar-refractivity contribution in [3.63, 3.8) is 0 Å². The number of carbonyl (C=O) groups excluding carboxylic acids is 2. The van der Waals surface area contributed by atoms with Crippen molar-refractivity contribution in [2.24, 2.45) is 51.2 Å². The molecule has 9 atom stereocenters. The molecule has 0 heterocycles. The van der Waals surface area contributed by atoms with Crippen LogP contribution in [0, 0.1) is 51.2 Å². The van der Waals surface area contributed by atoms with Gasteiger partial charge in [0.2, 0.25) is 0 Å². The Hall–Kier alpha value is -2.60. The number of allylic oxidation sites excluding steroid dienone is 3. The second kappa shape index (κ2) is 12.2. The number of alkyl carbamates (subject to hydrolysis) is 1. The van der Waals surface area contributed by atoms with Crippen LogP contribution in [-0.2, 0) is 9.47 Å². The van der Waals surface area contributed by atoms with E-state index < -0.39 is 5.60 Å². The standard InChI is InChI=1S/C46H68N2O4/c1-29(2)32-19-24-45(48(11)46(27-28-46)47-39(50)52-40(3,4)5)26-25-43(9)34(37(32)45)17-18-36-42(8)22-20-33(30-13-15-31(16-14-30)38(49)51-12)41(6,7)35(42)21-23-44(36,43)10/h13-16,20,32,34-37H,1,17-19,21-28H2,2-12H3,(H,47,50)/t32-,34+,35-,36+,37+,42-,43+,44+,45-/m0/s1. The molecular weight excluding hydrogens is 645 g/mol. The largest absolute Gasteiger partial charge is 0.465 e. The summed E-state index contributed by atoms with van der Waals surface area (Å²) in [7, 11) is 3.77. The number of methoxy groups -OCH3 is 1. The minimum atomic E-state index is -0.517. The molecule has 52 heavy (non-hydrogen) atoms. The molecular formula is C46H68N2O4. The van der Waals surface area contributed by atoms with Gasteiger partial charge in [-0.05, 0) is 180 Å². The van der Waals surface area contributed by atoms with Gasteiger partial charge in [0, 0.05) is 5.54 Å². The summed E-state index contributed by atoms with van der Waals surface area (Å²) in [5, 5.41) is 3.39. The van der Waals surface area contributed by atoms with E-state index in [2.05, 4.69) is 83.6 Å². The first-order chi connectivity index (χ1) is 24.2. The van der Waals surface area contributed by atoms with Crippen LogP contribution in [0.15, 0.2) is 42.5 Å². The normalized spacial score (nSPS) is 39.9. The first-order valence-electron chi connectivity index (χ1n) is 20.5. The van der Waals surface area contributed by atoms with Gasteiger partial charge in [-0.25, -0.2) is 9.59 Å². The summed E-state index contributed by atoms with van der Waals surface area (Å²) in [5.41, 5.74) is 4.59. The molecule has 0 aromatic heterocycles. The number of carbonyl (C=O) groups is 2. The van der Waals surface area contributed by atoms with Crippen molar-refractivity contribution in [3.8, 4) is 0 Å². The second-order valence-electron chi connectivity index (χ2n) is 20.6. The molecule has 0 spiro atoms. The minimum Gasteiger partial charge on any atom is -0.465 e. The third kappa shape index (κ3) is 5.41. The van der Waals surface area contributed by atoms with Gasteiger partial charge in [0.1, 0.15) is 5.60 Å². The van der Waals surface area contributed by atoms with E-state index in [-0.39, 0.29) is 44.9 Å². The van der Waals surface area contributed by atoms with Crippen molar-refractivity contribution < 1.29 is 19.1 Å². The molecule has 6 aliphatic rings. The molecule has 286 valence electrons. The molecule has 1 aromatic carbocycles. The van der Waals surface area contributed by atoms with E-state index in [1.807, 2.05) is 32.9 Å². The highest BCUT2D eigenvalue weighted by Crippen LogP contribution is 2.77. The zero-order valence-electron chi connectivity index (χ0n) is 34.3. The van der Waals surface area contributed by atoms with Crippen molar-refractivity contribution in [2.75, 3.05) is 14.2 Å². The fourth-order valence-electron chi connectivity index (χ4n) is 14.3. The Morgan fingerprint density at radius 2 is 1.54 bits per heavy atom. The number of nitrogens with one attached hydrogen (secondary N) is 1. The summed E-state index contributed by atoms with van der Waals surface area (Å²) in [5.74, 6) is 2.66. The minimum absolute atomic E-state index is 0.0273. The molecule has 5 fully saturated rings. The van der Waals surface area contributed by atoms with E-state index in [1.165, 1.54) is 75.2 Å². The van der Waals surface area contributed by atoms with Gasteiger partial charge in [-0.1, -0.05) is 65.0 Å². The van der Waals surface area contributed by atoms with E-state index >= 15 is 0 Å². The first kappa shape index (κ1) is 37.7. The van der Waals surface area contributed by atoms with Crippen LogP contribution in [0.1, 0.15) is 149 Å². The third-order valence-electron chi connectivity index (χ3n) is 17.0. The van der Waals surface area contributed by atoms with Crippen molar-refractivity contribution >= 4 is 17.6 Å². The summed E-state index contributed by atoms with van der Waals surface area (Å²) in [4.78, 5) is 28.0. The molecule has 6 aliphatic carbocycles. The predicted molar refractivity (Wildman–Crippen MR) is 210 cm³/mol. The summed E-state index contributed by atoms with van der Waals surface area (Å²) in [6.07, 6.45) is 15.3. The number of rotatable bonds is 6. The van der Waals surface area contributed by atoms with Crippen LogP contribution < -0.4 is 5.32 Å². The van der Waals surface area contributed by atoms with Crippen LogP contribution in [-0.4, -0.2) is 47.9 Å². The van der Waals surface area contributed by atoms with Gasteiger partial charge in [0.15, 0.2) is 0 Å². The van der Waals surface area contributed by atoms with Crippen molar-refractivity contribution in [2.45, 2.75) is 150 Å². The average Bonchev–Trinajstić information content (AvgIpc) is 3.72. The van der Waals surface area contributed by atoms with Gasteiger partial charge in [-0.3, -0.25) is 4.90 Å². The van der Waals surface area contributed by atoms with Gasteiger partial charge >= 0.3 is 12.1 Å². The van der Waals surface area contributed by atoms with Crippen LogP contribution >= 0.6 is 0 Å². The summed E-state index contributed by atoms with van der Waals surface area (Å²) in [6.45, 7) is 25.8. The van der Waals surface area contributed by atoms with E-state index in [1.54, 1.807) is 0 Å². The number of fused-ring (bicyclic) bond motifs is 7. The van der Waals surface area contributed by atoms with E-state index in [4.69, 9.17) is 9.47 Å². The van der Waals surface area contributed by atoms with Crippen LogP contribution in [0.4, 0.5) is 4.79 Å². The fraction of sp³-hybridized carbons (Fsp3) is 0.739. The van der Waals surface area contributed by atoms with Crippen LogP contribution in [0.5, 0.6) is 0 Å². The molecule has 0 radical (unpaired) electrons. The monoisotopic (exact) mass is 713 g/mol. The maximum atomic E-state index is 13.2. The topological polar surface area (TPSA) is 67.9 Å². The van der Waals surface area contributed by atoms with Crippen LogP contribution in [0.2, 0.25) is 0 Å². The zero-order valence-corrected chi connectivity index (χ0v) is 34.3. The number of nitrogens with zero attached hydrogens (tertiary/aromatic N) is 1. The third-order valence-corrected chi connectivity index (χ3v) is 17.0. The zero-order chi connectivity index (χ0) is 37.9. The second-order valence-corrected chi connectivity index (χ2v) is 20.6. The lowest BCUT2D eigenvalue weighted by Crippen LogP contribution is -2.70. The molecule has 1 amide bonds. The number of esters is 1. The molecule has 1 aromatic rings. The lowest BCUT2D eigenvalue weighted by molar-refractivity contribution is -0.229. The number of hydrogen-bond acceptors (Lipinski definition) is 5. The quantitative estimate of drug-likeness (QED) is 0.181. The number of hydrogen-bond donors (Lipinski definition) is 1. The first-order valence-corrected chi connectivity index (χ1v) is 20.5. The highest BCUT2D eigenvalue weighted by atomic mass is 16.6. The molecule has 0 bridgehead atoms. The molecule has 0 saturated heterocycles. The Kier molecular flexibility index (Phi) is 8.85. The average molecular weight is 713 g/mol. The molecule has 6 heteroatoms. The molecule has 0 unspecified atom stereocenters. The summed E-state index contributed by atoms with van der Waals surface area (Å²) in [6, 6.07) is 8.10. The van der Waals surface area contributed by atoms with Crippen molar-refractivity contribution in [1.29, 1.82) is 0 Å². The molecule has 5 saturated carbocycles. The number of benzene rings is 1. The Labute approximate surface area is 314 Å². The molecule has 1 N–H and O–H groups in total. The van der Waals surface area contributed by atoms with E-state index in [9.17, 15) is 9.59 Å². The van der Waals surface area contributed by atoms with Gasteiger partial charge in [0.25, 0.3) is 0 Å². The van der Waals surface area contributed by atoms with Crippen LogP contribution in [0.25, 0.3) is 5.57 Å². The van der Waals surface area contributed by atoms with Gasteiger partial charge in [-0.2, -0.15) is 0 Å². The van der Waals surface area contributed by atoms with Crippen molar-refractivity contribution in [3.05, 3.63) is 53.6 Å². The molecule has 7 rings (SSSR count). The smallest absolute Gasteiger partial charge is 0.409 e. The Balaban J connectivity index is 1.20. The maximum Gasteiger partial charge on any atom is 0.409 e. The Morgan fingerprint density at radius 1 is 0.865 bits per heavy atom. The highest BCUT2D eigenvalue weighted by Gasteiger charge is 2.72. The fourth-order valence-corrected chi connectivity index (χ4v) is 14.3. The maximum absolute atomic E-state index is 13.2.